The summed E-state index contributed by atoms with van der Waals surface area (Å²) in [5.41, 5.74) is 1.39. The third-order valence-electron chi connectivity index (χ3n) is 3.04. The summed E-state index contributed by atoms with van der Waals surface area (Å²) >= 11 is 11.7. The van der Waals surface area contributed by atoms with Crippen LogP contribution in [0.2, 0.25) is 10.0 Å². The van der Waals surface area contributed by atoms with Crippen LogP contribution in [0.4, 0.5) is 5.69 Å². The number of benzene rings is 2. The van der Waals surface area contributed by atoms with E-state index in [1.165, 1.54) is 30.3 Å². The number of rotatable bonds is 3. The maximum Gasteiger partial charge on any atom is 0.261 e. The largest absolute Gasteiger partial charge is 0.506 e. The molecule has 0 fully saturated rings. The van der Waals surface area contributed by atoms with E-state index in [1.807, 2.05) is 0 Å². The van der Waals surface area contributed by atoms with Gasteiger partial charge < -0.3 is 5.11 Å². The summed E-state index contributed by atoms with van der Waals surface area (Å²) in [5.74, 6) is -0.0823. The Morgan fingerprint density at radius 2 is 1.67 bits per heavy atom. The Hall–Kier alpha value is -1.43. The number of aromatic hydroxyl groups is 1. The molecule has 2 N–H and O–H groups in total. The van der Waals surface area contributed by atoms with E-state index < -0.39 is 10.0 Å². The van der Waals surface area contributed by atoms with Crippen LogP contribution in [-0.4, -0.2) is 13.5 Å². The molecule has 0 aliphatic rings. The van der Waals surface area contributed by atoms with Gasteiger partial charge in [0.05, 0.1) is 15.6 Å². The first-order chi connectivity index (χ1) is 9.72. The molecule has 0 bridgehead atoms. The zero-order chi connectivity index (χ0) is 15.8. The molecule has 0 saturated heterocycles. The normalized spacial score (nSPS) is 11.4. The first kappa shape index (κ1) is 15.9. The second kappa shape index (κ2) is 5.75. The summed E-state index contributed by atoms with van der Waals surface area (Å²) in [6.07, 6.45) is 0. The average molecular weight is 346 g/mol. The summed E-state index contributed by atoms with van der Waals surface area (Å²) < 4.78 is 27.2. The molecule has 0 amide bonds. The molecule has 2 aromatic carbocycles. The Balaban J connectivity index is 2.47. The third-order valence-corrected chi connectivity index (χ3v) is 5.13. The minimum atomic E-state index is -3.75. The highest BCUT2D eigenvalue weighted by atomic mass is 35.5. The molecule has 21 heavy (non-hydrogen) atoms. The molecule has 0 heterocycles. The van der Waals surface area contributed by atoms with Gasteiger partial charge in [-0.05, 0) is 55.3 Å². The van der Waals surface area contributed by atoms with Gasteiger partial charge in [-0.25, -0.2) is 8.42 Å². The van der Waals surface area contributed by atoms with Crippen molar-refractivity contribution in [1.82, 2.24) is 0 Å². The lowest BCUT2D eigenvalue weighted by Crippen LogP contribution is -2.14. The van der Waals surface area contributed by atoms with Crippen LogP contribution in [0.25, 0.3) is 0 Å². The molecule has 0 unspecified atom stereocenters. The second-order valence-electron chi connectivity index (χ2n) is 4.59. The molecular weight excluding hydrogens is 333 g/mol. The Morgan fingerprint density at radius 3 is 2.24 bits per heavy atom. The van der Waals surface area contributed by atoms with Crippen LogP contribution in [0.15, 0.2) is 35.2 Å². The van der Waals surface area contributed by atoms with Gasteiger partial charge in [0.25, 0.3) is 10.0 Å². The molecule has 0 radical (unpaired) electrons. The van der Waals surface area contributed by atoms with E-state index in [4.69, 9.17) is 23.2 Å². The van der Waals surface area contributed by atoms with Gasteiger partial charge in [-0.2, -0.15) is 0 Å². The molecule has 7 heteroatoms. The van der Waals surface area contributed by atoms with Gasteiger partial charge in [0.15, 0.2) is 0 Å². The lowest BCUT2D eigenvalue weighted by Gasteiger charge is -2.15. The number of phenolic OH excluding ortho intramolecular Hbond substituents is 1. The summed E-state index contributed by atoms with van der Waals surface area (Å²) in [4.78, 5) is 0.0925. The smallest absolute Gasteiger partial charge is 0.261 e. The Bertz CT molecular complexity index is 787. The van der Waals surface area contributed by atoms with Crippen LogP contribution in [0.3, 0.4) is 0 Å². The van der Waals surface area contributed by atoms with Gasteiger partial charge in [0.1, 0.15) is 5.75 Å². The lowest BCUT2D eigenvalue weighted by molar-refractivity contribution is 0.475. The topological polar surface area (TPSA) is 66.4 Å². The minimum absolute atomic E-state index is 0.0823. The van der Waals surface area contributed by atoms with E-state index in [1.54, 1.807) is 13.8 Å². The number of sulfonamides is 1. The van der Waals surface area contributed by atoms with Gasteiger partial charge in [0, 0.05) is 5.02 Å². The minimum Gasteiger partial charge on any atom is -0.506 e. The highest BCUT2D eigenvalue weighted by Gasteiger charge is 2.19. The van der Waals surface area contributed by atoms with Crippen LogP contribution in [0.1, 0.15) is 11.1 Å². The van der Waals surface area contributed by atoms with Crippen molar-refractivity contribution in [2.45, 2.75) is 18.7 Å². The molecule has 2 aromatic rings. The number of hydrogen-bond donors (Lipinski definition) is 2. The number of hydrogen-bond acceptors (Lipinski definition) is 3. The van der Waals surface area contributed by atoms with Crippen LogP contribution >= 0.6 is 23.2 Å². The zero-order valence-electron chi connectivity index (χ0n) is 11.3. The van der Waals surface area contributed by atoms with E-state index in [2.05, 4.69) is 4.72 Å². The van der Waals surface area contributed by atoms with E-state index >= 15 is 0 Å². The first-order valence-electron chi connectivity index (χ1n) is 5.99. The quantitative estimate of drug-likeness (QED) is 0.822. The van der Waals surface area contributed by atoms with Crippen molar-refractivity contribution >= 4 is 38.9 Å². The molecule has 0 aromatic heterocycles. The first-order valence-corrected chi connectivity index (χ1v) is 8.23. The molecule has 0 saturated carbocycles. The SMILES string of the molecule is Cc1cc(O)c(Cl)c(C)c1NS(=O)(=O)c1ccc(Cl)cc1. The van der Waals surface area contributed by atoms with Crippen molar-refractivity contribution in [3.8, 4) is 5.75 Å². The summed E-state index contributed by atoms with van der Waals surface area (Å²) in [6, 6.07) is 7.24. The van der Waals surface area contributed by atoms with Crippen LogP contribution in [0.5, 0.6) is 5.75 Å². The number of nitrogens with one attached hydrogen (secondary N) is 1. The van der Waals surface area contributed by atoms with Crippen molar-refractivity contribution in [1.29, 1.82) is 0 Å². The van der Waals surface area contributed by atoms with Gasteiger partial charge in [0.2, 0.25) is 0 Å². The van der Waals surface area contributed by atoms with Crippen LogP contribution in [-0.2, 0) is 10.0 Å². The molecule has 112 valence electrons. The number of aryl methyl sites for hydroxylation is 1. The van der Waals surface area contributed by atoms with E-state index in [0.717, 1.165) is 0 Å². The summed E-state index contributed by atoms with van der Waals surface area (Å²) in [6.45, 7) is 3.32. The van der Waals surface area contributed by atoms with Gasteiger partial charge in [-0.1, -0.05) is 23.2 Å². The van der Waals surface area contributed by atoms with Crippen molar-refractivity contribution in [2.75, 3.05) is 4.72 Å². The molecule has 0 atom stereocenters. The maximum atomic E-state index is 12.4. The number of phenols is 1. The molecule has 0 spiro atoms. The van der Waals surface area contributed by atoms with E-state index in [-0.39, 0.29) is 15.7 Å². The third kappa shape index (κ3) is 3.26. The second-order valence-corrected chi connectivity index (χ2v) is 7.08. The van der Waals surface area contributed by atoms with E-state index in [9.17, 15) is 13.5 Å². The average Bonchev–Trinajstić information content (AvgIpc) is 2.42. The summed E-state index contributed by atoms with van der Waals surface area (Å²) in [7, 11) is -3.75. The number of anilines is 1. The lowest BCUT2D eigenvalue weighted by atomic mass is 10.1. The monoisotopic (exact) mass is 345 g/mol. The highest BCUT2D eigenvalue weighted by molar-refractivity contribution is 7.92. The highest BCUT2D eigenvalue weighted by Crippen LogP contribution is 2.35. The van der Waals surface area contributed by atoms with Gasteiger partial charge in [-0.15, -0.1) is 0 Å². The molecule has 4 nitrogen and oxygen atoms in total. The van der Waals surface area contributed by atoms with E-state index in [0.29, 0.717) is 21.8 Å². The van der Waals surface area contributed by atoms with Crippen molar-refractivity contribution in [2.24, 2.45) is 0 Å². The fourth-order valence-electron chi connectivity index (χ4n) is 1.90. The van der Waals surface area contributed by atoms with Gasteiger partial charge in [-0.3, -0.25) is 4.72 Å². The Kier molecular flexibility index (Phi) is 4.37. The standard InChI is InChI=1S/C14H13Cl2NO3S/c1-8-7-12(18)13(16)9(2)14(8)17-21(19,20)11-5-3-10(15)4-6-11/h3-7,17-18H,1-2H3. The summed E-state index contributed by atoms with van der Waals surface area (Å²) in [5, 5.41) is 10.2. The molecule has 0 aliphatic carbocycles. The van der Waals surface area contributed by atoms with Crippen molar-refractivity contribution < 1.29 is 13.5 Å². The fourth-order valence-corrected chi connectivity index (χ4v) is 3.37. The van der Waals surface area contributed by atoms with Crippen LogP contribution < -0.4 is 4.72 Å². The molecular formula is C14H13Cl2NO3S. The predicted molar refractivity (Wildman–Crippen MR) is 84.9 cm³/mol. The van der Waals surface area contributed by atoms with Crippen molar-refractivity contribution in [3.63, 3.8) is 0 Å². The molecule has 0 aliphatic heterocycles. The number of halogens is 2. The Labute approximate surface area is 133 Å². The Morgan fingerprint density at radius 1 is 1.10 bits per heavy atom. The maximum absolute atomic E-state index is 12.4. The zero-order valence-corrected chi connectivity index (χ0v) is 13.6. The molecule has 2 rings (SSSR count). The fraction of sp³-hybridized carbons (Fsp3) is 0.143. The van der Waals surface area contributed by atoms with Gasteiger partial charge >= 0.3 is 0 Å². The predicted octanol–water partition coefficient (Wildman–Crippen LogP) is 4.12. The van der Waals surface area contributed by atoms with Crippen molar-refractivity contribution in [3.05, 3.63) is 51.5 Å². The van der Waals surface area contributed by atoms with Crippen LogP contribution in [0, 0.1) is 13.8 Å².